The molecule has 0 saturated heterocycles. The van der Waals surface area contributed by atoms with E-state index in [9.17, 15) is 0 Å². The topological polar surface area (TPSA) is 0 Å². The molecule has 0 fully saturated rings. The Morgan fingerprint density at radius 3 is 1.75 bits per heavy atom. The van der Waals surface area contributed by atoms with E-state index in [2.05, 4.69) is 18.6 Å². The standard InChI is InChI=1S/C14H11.2Na/c1-3-7-13(8-4-1)11-12-14-9-5-2-6-10-14;;/h1-11H;;/q-2;2*+1. The first-order valence-corrected chi connectivity index (χ1v) is 4.65. The molecule has 0 aromatic heterocycles. The van der Waals surface area contributed by atoms with Crippen molar-refractivity contribution in [3.8, 4) is 0 Å². The largest absolute Gasteiger partial charge is 1.00 e. The van der Waals surface area contributed by atoms with Crippen molar-refractivity contribution in [1.29, 1.82) is 0 Å². The number of hydrogen-bond donors (Lipinski definition) is 0. The van der Waals surface area contributed by atoms with Crippen molar-refractivity contribution >= 4 is 0 Å². The minimum absolute atomic E-state index is 0. The number of rotatable bonds is 3. The Labute approximate surface area is 142 Å². The Morgan fingerprint density at radius 1 is 0.688 bits per heavy atom. The van der Waals surface area contributed by atoms with Crippen molar-refractivity contribution < 1.29 is 59.1 Å². The van der Waals surface area contributed by atoms with E-state index in [1.165, 1.54) is 5.56 Å². The zero-order valence-corrected chi connectivity index (χ0v) is 13.9. The maximum absolute atomic E-state index is 3.24. The molecule has 0 N–H and O–H groups in total. The molecule has 0 saturated carbocycles. The first-order valence-electron chi connectivity index (χ1n) is 4.65. The van der Waals surface area contributed by atoms with E-state index in [1.54, 1.807) is 0 Å². The van der Waals surface area contributed by atoms with Gasteiger partial charge in [0.05, 0.1) is 0 Å². The van der Waals surface area contributed by atoms with Crippen LogP contribution in [0.1, 0.15) is 11.1 Å². The molecule has 0 unspecified atom stereocenters. The van der Waals surface area contributed by atoms with Gasteiger partial charge in [-0.25, -0.2) is 24.0 Å². The molecule has 0 bridgehead atoms. The van der Waals surface area contributed by atoms with Crippen LogP contribution in [-0.2, 0) is 0 Å². The summed E-state index contributed by atoms with van der Waals surface area (Å²) in [5.74, 6) is 0. The summed E-state index contributed by atoms with van der Waals surface area (Å²) in [7, 11) is 0. The number of hydrogen-bond acceptors (Lipinski definition) is 0. The van der Waals surface area contributed by atoms with Crippen molar-refractivity contribution in [3.05, 3.63) is 84.6 Å². The molecule has 2 rings (SSSR count). The monoisotopic (exact) mass is 225 g/mol. The second-order valence-corrected chi connectivity index (χ2v) is 3.07. The molecule has 2 heteroatoms. The summed E-state index contributed by atoms with van der Waals surface area (Å²) >= 11 is 0. The molecule has 2 aromatic rings. The van der Waals surface area contributed by atoms with E-state index in [1.807, 2.05) is 55.0 Å². The van der Waals surface area contributed by atoms with Crippen LogP contribution < -0.4 is 59.1 Å². The fourth-order valence-corrected chi connectivity index (χ4v) is 1.25. The van der Waals surface area contributed by atoms with Crippen LogP contribution in [0.3, 0.4) is 0 Å². The molecule has 0 aliphatic rings. The van der Waals surface area contributed by atoms with Gasteiger partial charge in [-0.2, -0.15) is 24.3 Å². The van der Waals surface area contributed by atoms with Gasteiger partial charge in [-0.1, -0.05) is 12.1 Å². The Hall–Kier alpha value is 0.180. The van der Waals surface area contributed by atoms with E-state index in [0.29, 0.717) is 0 Å². The smallest absolute Gasteiger partial charge is 0.244 e. The van der Waals surface area contributed by atoms with Crippen LogP contribution in [0.25, 0.3) is 0 Å². The van der Waals surface area contributed by atoms with Crippen molar-refractivity contribution in [2.75, 3.05) is 0 Å². The van der Waals surface area contributed by atoms with Crippen LogP contribution in [0.15, 0.2) is 60.7 Å². The summed E-state index contributed by atoms with van der Waals surface area (Å²) in [6, 6.07) is 20.3. The van der Waals surface area contributed by atoms with Gasteiger partial charge in [0, 0.05) is 0 Å². The van der Waals surface area contributed by atoms with Crippen LogP contribution in [0, 0.1) is 12.8 Å². The second-order valence-electron chi connectivity index (χ2n) is 3.07. The van der Waals surface area contributed by atoms with Crippen LogP contribution in [0.2, 0.25) is 0 Å². The van der Waals surface area contributed by atoms with Gasteiger partial charge in [0.2, 0.25) is 0 Å². The third kappa shape index (κ3) is 5.49. The molecule has 0 spiro atoms. The molecule has 2 aromatic carbocycles. The summed E-state index contributed by atoms with van der Waals surface area (Å²) in [6.45, 7) is 0. The summed E-state index contributed by atoms with van der Waals surface area (Å²) in [5, 5.41) is 0. The van der Waals surface area contributed by atoms with E-state index in [-0.39, 0.29) is 59.1 Å². The van der Waals surface area contributed by atoms with E-state index in [4.69, 9.17) is 0 Å². The molecular weight excluding hydrogens is 214 g/mol. The first kappa shape index (κ1) is 16.2. The summed E-state index contributed by atoms with van der Waals surface area (Å²) in [5.41, 5.74) is 2.28. The first-order chi connectivity index (χ1) is 6.95. The fraction of sp³-hybridized carbons (Fsp3) is 0. The van der Waals surface area contributed by atoms with E-state index < -0.39 is 0 Å². The van der Waals surface area contributed by atoms with Crippen molar-refractivity contribution in [3.63, 3.8) is 0 Å². The van der Waals surface area contributed by atoms with Crippen LogP contribution in [0.5, 0.6) is 0 Å². The van der Waals surface area contributed by atoms with E-state index >= 15 is 0 Å². The molecule has 0 atom stereocenters. The molecular formula is C14H11Na2. The Balaban J connectivity index is 0.00000112. The van der Waals surface area contributed by atoms with Crippen molar-refractivity contribution in [2.24, 2.45) is 0 Å². The van der Waals surface area contributed by atoms with Crippen LogP contribution >= 0.6 is 0 Å². The Bertz CT molecular complexity index is 331. The normalized spacial score (nSPS) is 8.25. The summed E-state index contributed by atoms with van der Waals surface area (Å²) in [4.78, 5) is 0. The van der Waals surface area contributed by atoms with Crippen LogP contribution in [-0.4, -0.2) is 0 Å². The van der Waals surface area contributed by atoms with Gasteiger partial charge >= 0.3 is 59.1 Å². The third-order valence-electron chi connectivity index (χ3n) is 1.98. The quantitative estimate of drug-likeness (QED) is 0.396. The Kier molecular flexibility index (Phi) is 9.34. The van der Waals surface area contributed by atoms with Gasteiger partial charge < -0.3 is 0 Å². The molecule has 69 valence electrons. The second kappa shape index (κ2) is 9.23. The predicted octanol–water partition coefficient (Wildman–Crippen LogP) is -2.62. The maximum Gasteiger partial charge on any atom is 1.00 e. The van der Waals surface area contributed by atoms with Gasteiger partial charge in [0.25, 0.3) is 0 Å². The summed E-state index contributed by atoms with van der Waals surface area (Å²) < 4.78 is 0. The van der Waals surface area contributed by atoms with Crippen LogP contribution in [0.4, 0.5) is 0 Å². The zero-order valence-electron chi connectivity index (χ0n) is 9.85. The van der Waals surface area contributed by atoms with Gasteiger partial charge in [-0.3, -0.25) is 0 Å². The van der Waals surface area contributed by atoms with Gasteiger partial charge in [-0.15, -0.1) is 24.3 Å². The molecule has 0 nitrogen and oxygen atoms in total. The van der Waals surface area contributed by atoms with Crippen molar-refractivity contribution in [1.82, 2.24) is 0 Å². The minimum atomic E-state index is 0. The van der Waals surface area contributed by atoms with Gasteiger partial charge in [0.1, 0.15) is 0 Å². The maximum atomic E-state index is 3.24. The minimum Gasteiger partial charge on any atom is -0.244 e. The predicted molar refractivity (Wildman–Crippen MR) is 58.6 cm³/mol. The molecule has 0 amide bonds. The fourth-order valence-electron chi connectivity index (χ4n) is 1.25. The molecule has 0 aliphatic carbocycles. The van der Waals surface area contributed by atoms with E-state index in [0.717, 1.165) is 5.56 Å². The molecule has 0 aliphatic heterocycles. The third-order valence-corrected chi connectivity index (χ3v) is 1.98. The van der Waals surface area contributed by atoms with Gasteiger partial charge in [0.15, 0.2) is 0 Å². The van der Waals surface area contributed by atoms with Gasteiger partial charge in [-0.05, 0) is 0 Å². The summed E-state index contributed by atoms with van der Waals surface area (Å²) in [6.07, 6.45) is 5.23. The number of benzene rings is 2. The molecule has 16 heavy (non-hydrogen) atoms. The SMILES string of the molecule is [C-]([CH-]c1ccccc1)c1ccccc1.[Na+].[Na+]. The molecule has 1 radical (unpaired) electrons. The molecule has 0 heterocycles. The average molecular weight is 225 g/mol. The zero-order chi connectivity index (χ0) is 9.64. The average Bonchev–Trinajstić information content (AvgIpc) is 2.29. The van der Waals surface area contributed by atoms with Crippen molar-refractivity contribution in [2.45, 2.75) is 0 Å². The Morgan fingerprint density at radius 2 is 1.19 bits per heavy atom.